The van der Waals surface area contributed by atoms with E-state index >= 15 is 0 Å². The Labute approximate surface area is 188 Å². The first-order valence-electron chi connectivity index (χ1n) is 9.87. The molecule has 5 aromatic rings. The van der Waals surface area contributed by atoms with Crippen molar-refractivity contribution in [3.8, 4) is 22.8 Å². The van der Waals surface area contributed by atoms with Crippen LogP contribution in [-0.2, 0) is 5.75 Å². The van der Waals surface area contributed by atoms with E-state index in [1.165, 1.54) is 11.8 Å². The maximum atomic E-state index is 6.14. The van der Waals surface area contributed by atoms with Gasteiger partial charge >= 0.3 is 0 Å². The Hall–Kier alpha value is -3.98. The van der Waals surface area contributed by atoms with E-state index in [1.54, 1.807) is 19.5 Å². The van der Waals surface area contributed by atoms with Crippen LogP contribution < -0.4 is 10.5 Å². The topological polar surface area (TPSA) is 105 Å². The number of rotatable bonds is 6. The summed E-state index contributed by atoms with van der Waals surface area (Å²) in [7, 11) is 1.65. The molecule has 0 fully saturated rings. The molecule has 0 aliphatic rings. The van der Waals surface area contributed by atoms with Gasteiger partial charge in [0.1, 0.15) is 17.4 Å². The first kappa shape index (κ1) is 20.0. The van der Waals surface area contributed by atoms with Gasteiger partial charge in [-0.25, -0.2) is 9.97 Å². The third-order valence-electron chi connectivity index (χ3n) is 4.91. The van der Waals surface area contributed by atoms with Crippen LogP contribution in [-0.4, -0.2) is 36.8 Å². The molecule has 0 aliphatic carbocycles. The van der Waals surface area contributed by atoms with Gasteiger partial charge in [0.15, 0.2) is 11.0 Å². The molecular formula is C23H19N7OS. The van der Waals surface area contributed by atoms with Gasteiger partial charge in [-0.15, -0.1) is 10.2 Å². The van der Waals surface area contributed by atoms with Crippen molar-refractivity contribution in [2.24, 2.45) is 0 Å². The van der Waals surface area contributed by atoms with Gasteiger partial charge < -0.3 is 10.5 Å². The summed E-state index contributed by atoms with van der Waals surface area (Å²) in [5.74, 6) is 3.11. The van der Waals surface area contributed by atoms with Crippen LogP contribution in [0.25, 0.3) is 28.0 Å². The summed E-state index contributed by atoms with van der Waals surface area (Å²) >= 11 is 1.50. The van der Waals surface area contributed by atoms with Crippen LogP contribution in [0.3, 0.4) is 0 Å². The predicted octanol–water partition coefficient (Wildman–Crippen LogP) is 4.16. The number of thioether (sulfide) groups is 1. The van der Waals surface area contributed by atoms with Crippen LogP contribution in [0.5, 0.6) is 5.75 Å². The number of ether oxygens (including phenoxy) is 1. The molecule has 0 radical (unpaired) electrons. The van der Waals surface area contributed by atoms with Crippen LogP contribution >= 0.6 is 11.8 Å². The fourth-order valence-corrected chi connectivity index (χ4v) is 4.17. The molecule has 2 N–H and O–H groups in total. The Balaban J connectivity index is 1.52. The van der Waals surface area contributed by atoms with Gasteiger partial charge in [-0.3, -0.25) is 9.55 Å². The maximum absolute atomic E-state index is 6.14. The zero-order valence-electron chi connectivity index (χ0n) is 17.2. The molecule has 0 spiro atoms. The molecule has 0 bridgehead atoms. The molecule has 5 rings (SSSR count). The average molecular weight is 442 g/mol. The van der Waals surface area contributed by atoms with Crippen molar-refractivity contribution < 1.29 is 4.74 Å². The first-order chi connectivity index (χ1) is 15.7. The number of benzene rings is 2. The Bertz CT molecular complexity index is 1370. The van der Waals surface area contributed by atoms with Gasteiger partial charge in [0.2, 0.25) is 0 Å². The van der Waals surface area contributed by atoms with Crippen molar-refractivity contribution in [1.29, 1.82) is 0 Å². The number of para-hydroxylation sites is 1. The molecule has 0 saturated heterocycles. The van der Waals surface area contributed by atoms with E-state index in [0.717, 1.165) is 38.9 Å². The minimum absolute atomic E-state index is 0.472. The zero-order chi connectivity index (χ0) is 21.9. The molecule has 3 heterocycles. The molecular weight excluding hydrogens is 422 g/mol. The number of hydrogen-bond acceptors (Lipinski definition) is 8. The van der Waals surface area contributed by atoms with Crippen molar-refractivity contribution in [3.63, 3.8) is 0 Å². The minimum atomic E-state index is 0.472. The summed E-state index contributed by atoms with van der Waals surface area (Å²) < 4.78 is 7.30. The molecule has 158 valence electrons. The molecule has 9 heteroatoms. The SMILES string of the molecule is COc1ccc(-n2c(SCc3nc(N)c4ccccc4n3)nnc2-c2ccncc2)cc1. The van der Waals surface area contributed by atoms with Crippen molar-refractivity contribution in [2.45, 2.75) is 10.9 Å². The van der Waals surface area contributed by atoms with Crippen LogP contribution in [0.1, 0.15) is 5.82 Å². The number of pyridine rings is 1. The number of hydrogen-bond donors (Lipinski definition) is 1. The second-order valence-corrected chi connectivity index (χ2v) is 7.85. The Kier molecular flexibility index (Phi) is 5.39. The predicted molar refractivity (Wildman–Crippen MR) is 125 cm³/mol. The van der Waals surface area contributed by atoms with Crippen molar-refractivity contribution in [2.75, 3.05) is 12.8 Å². The van der Waals surface area contributed by atoms with E-state index in [-0.39, 0.29) is 0 Å². The highest BCUT2D eigenvalue weighted by atomic mass is 32.2. The second-order valence-electron chi connectivity index (χ2n) is 6.91. The summed E-state index contributed by atoms with van der Waals surface area (Å²) in [6.07, 6.45) is 3.47. The number of anilines is 1. The van der Waals surface area contributed by atoms with Gasteiger partial charge in [0, 0.05) is 29.0 Å². The normalized spacial score (nSPS) is 11.0. The van der Waals surface area contributed by atoms with E-state index in [0.29, 0.717) is 17.4 Å². The molecule has 8 nitrogen and oxygen atoms in total. The lowest BCUT2D eigenvalue weighted by Crippen LogP contribution is -2.02. The lowest BCUT2D eigenvalue weighted by molar-refractivity contribution is 0.414. The quantitative estimate of drug-likeness (QED) is 0.392. The number of nitrogen functional groups attached to an aromatic ring is 1. The van der Waals surface area contributed by atoms with Gasteiger partial charge in [-0.05, 0) is 48.5 Å². The fourth-order valence-electron chi connectivity index (χ4n) is 3.36. The third kappa shape index (κ3) is 3.85. The summed E-state index contributed by atoms with van der Waals surface area (Å²) in [6, 6.07) is 19.3. The summed E-state index contributed by atoms with van der Waals surface area (Å²) in [4.78, 5) is 13.2. The highest BCUT2D eigenvalue weighted by molar-refractivity contribution is 7.98. The molecule has 0 aliphatic heterocycles. The van der Waals surface area contributed by atoms with Gasteiger partial charge in [-0.2, -0.15) is 0 Å². The Morgan fingerprint density at radius 1 is 0.938 bits per heavy atom. The monoisotopic (exact) mass is 441 g/mol. The molecule has 3 aromatic heterocycles. The Morgan fingerprint density at radius 2 is 1.72 bits per heavy atom. The number of aromatic nitrogens is 6. The maximum Gasteiger partial charge on any atom is 0.196 e. The summed E-state index contributed by atoms with van der Waals surface area (Å²) in [6.45, 7) is 0. The van der Waals surface area contributed by atoms with Gasteiger partial charge in [0.05, 0.1) is 18.4 Å². The Morgan fingerprint density at radius 3 is 2.50 bits per heavy atom. The number of nitrogens with zero attached hydrogens (tertiary/aromatic N) is 6. The molecule has 32 heavy (non-hydrogen) atoms. The highest BCUT2D eigenvalue weighted by Crippen LogP contribution is 2.30. The van der Waals surface area contributed by atoms with Crippen LogP contribution in [0.4, 0.5) is 5.82 Å². The standard InChI is InChI=1S/C23H19N7OS/c1-31-17-8-6-16(7-9-17)30-22(15-10-12-25-13-11-15)28-29-23(30)32-14-20-26-19-5-3-2-4-18(19)21(24)27-20/h2-13H,14H2,1H3,(H2,24,26,27). The smallest absolute Gasteiger partial charge is 0.196 e. The fraction of sp³-hybridized carbons (Fsp3) is 0.0870. The van der Waals surface area contributed by atoms with Gasteiger partial charge in [0.25, 0.3) is 0 Å². The van der Waals surface area contributed by atoms with Gasteiger partial charge in [-0.1, -0.05) is 23.9 Å². The second kappa shape index (κ2) is 8.64. The average Bonchev–Trinajstić information content (AvgIpc) is 3.27. The summed E-state index contributed by atoms with van der Waals surface area (Å²) in [5, 5.41) is 10.5. The van der Waals surface area contributed by atoms with Crippen molar-refractivity contribution in [3.05, 3.63) is 78.9 Å². The zero-order valence-corrected chi connectivity index (χ0v) is 18.0. The van der Waals surface area contributed by atoms with Crippen LogP contribution in [0.15, 0.2) is 78.2 Å². The molecule has 0 amide bonds. The summed E-state index contributed by atoms with van der Waals surface area (Å²) in [5.41, 5.74) is 8.81. The van der Waals surface area contributed by atoms with Crippen molar-refractivity contribution >= 4 is 28.5 Å². The van der Waals surface area contributed by atoms with E-state index < -0.39 is 0 Å². The molecule has 0 atom stereocenters. The van der Waals surface area contributed by atoms with E-state index in [9.17, 15) is 0 Å². The lowest BCUT2D eigenvalue weighted by Gasteiger charge is -2.11. The van der Waals surface area contributed by atoms with E-state index in [1.807, 2.05) is 65.2 Å². The van der Waals surface area contributed by atoms with Crippen LogP contribution in [0.2, 0.25) is 0 Å². The van der Waals surface area contributed by atoms with E-state index in [2.05, 4.69) is 25.1 Å². The highest BCUT2D eigenvalue weighted by Gasteiger charge is 2.17. The lowest BCUT2D eigenvalue weighted by atomic mass is 10.2. The third-order valence-corrected chi connectivity index (χ3v) is 5.84. The molecule has 0 saturated carbocycles. The van der Waals surface area contributed by atoms with E-state index in [4.69, 9.17) is 10.5 Å². The first-order valence-corrected chi connectivity index (χ1v) is 10.9. The van der Waals surface area contributed by atoms with Crippen LogP contribution in [0, 0.1) is 0 Å². The molecule has 2 aromatic carbocycles. The number of fused-ring (bicyclic) bond motifs is 1. The number of nitrogens with two attached hydrogens (primary N) is 1. The minimum Gasteiger partial charge on any atom is -0.497 e. The number of methoxy groups -OCH3 is 1. The molecule has 0 unspecified atom stereocenters. The largest absolute Gasteiger partial charge is 0.497 e. The van der Waals surface area contributed by atoms with Crippen molar-refractivity contribution in [1.82, 2.24) is 29.7 Å².